The van der Waals surface area contributed by atoms with Crippen LogP contribution in [0.25, 0.3) is 0 Å². The van der Waals surface area contributed by atoms with Crippen LogP contribution in [0.1, 0.15) is 20.3 Å². The number of carboxylic acids is 1. The van der Waals surface area contributed by atoms with E-state index in [1.807, 2.05) is 13.8 Å². The van der Waals surface area contributed by atoms with E-state index in [0.29, 0.717) is 0 Å². The molecule has 0 aromatic heterocycles. The minimum atomic E-state index is -0.864. The summed E-state index contributed by atoms with van der Waals surface area (Å²) in [5, 5.41) is 8.89. The van der Waals surface area contributed by atoms with E-state index in [1.165, 1.54) is 0 Å². The van der Waals surface area contributed by atoms with Crippen molar-refractivity contribution in [3.8, 4) is 0 Å². The monoisotopic (exact) mass is 185 g/mol. The summed E-state index contributed by atoms with van der Waals surface area (Å²) in [7, 11) is 1.68. The second-order valence-electron chi connectivity index (χ2n) is 3.89. The Morgan fingerprint density at radius 3 is 2.46 bits per heavy atom. The van der Waals surface area contributed by atoms with Gasteiger partial charge in [-0.3, -0.25) is 9.59 Å². The lowest BCUT2D eigenvalue weighted by Gasteiger charge is -2.26. The molecule has 1 N–H and O–H groups in total. The van der Waals surface area contributed by atoms with E-state index in [4.69, 9.17) is 5.11 Å². The highest BCUT2D eigenvalue weighted by molar-refractivity contribution is 5.86. The maximum atomic E-state index is 11.3. The Balaban J connectivity index is 2.86. The molecule has 4 heteroatoms. The third-order valence-corrected chi connectivity index (χ3v) is 2.65. The fourth-order valence-electron chi connectivity index (χ4n) is 2.03. The van der Waals surface area contributed by atoms with Crippen molar-refractivity contribution in [2.45, 2.75) is 26.3 Å². The Morgan fingerprint density at radius 1 is 1.62 bits per heavy atom. The van der Waals surface area contributed by atoms with Crippen LogP contribution in [0.2, 0.25) is 0 Å². The highest BCUT2D eigenvalue weighted by Gasteiger charge is 2.43. The van der Waals surface area contributed by atoms with Crippen molar-refractivity contribution in [3.63, 3.8) is 0 Å². The van der Waals surface area contributed by atoms with Crippen LogP contribution < -0.4 is 0 Å². The van der Waals surface area contributed by atoms with Gasteiger partial charge in [0.05, 0.1) is 5.92 Å². The average molecular weight is 185 g/mol. The molecule has 13 heavy (non-hydrogen) atoms. The summed E-state index contributed by atoms with van der Waals surface area (Å²) in [5.41, 5.74) is 0. The molecule has 1 saturated heterocycles. The topological polar surface area (TPSA) is 57.6 Å². The minimum absolute atomic E-state index is 0.0638. The van der Waals surface area contributed by atoms with Gasteiger partial charge in [0.15, 0.2) is 0 Å². The maximum Gasteiger partial charge on any atom is 0.309 e. The number of hydrogen-bond donors (Lipinski definition) is 1. The summed E-state index contributed by atoms with van der Waals surface area (Å²) in [6.07, 6.45) is 0.147. The fourth-order valence-corrected chi connectivity index (χ4v) is 2.03. The molecule has 2 atom stereocenters. The number of carboxylic acid groups (broad SMARTS) is 1. The van der Waals surface area contributed by atoms with E-state index in [0.717, 1.165) is 0 Å². The quantitative estimate of drug-likeness (QED) is 0.684. The van der Waals surface area contributed by atoms with Crippen molar-refractivity contribution < 1.29 is 14.7 Å². The second kappa shape index (κ2) is 3.36. The van der Waals surface area contributed by atoms with Gasteiger partial charge in [0.1, 0.15) is 0 Å². The van der Waals surface area contributed by atoms with Gasteiger partial charge >= 0.3 is 5.97 Å². The van der Waals surface area contributed by atoms with Gasteiger partial charge in [-0.1, -0.05) is 13.8 Å². The molecule has 0 aliphatic carbocycles. The molecule has 0 saturated carbocycles. The first-order valence-electron chi connectivity index (χ1n) is 4.43. The van der Waals surface area contributed by atoms with Crippen LogP contribution >= 0.6 is 0 Å². The predicted octanol–water partition coefficient (Wildman–Crippen LogP) is 0.574. The molecule has 1 aliphatic rings. The van der Waals surface area contributed by atoms with Crippen LogP contribution in [-0.4, -0.2) is 35.0 Å². The molecule has 0 spiro atoms. The molecule has 1 rings (SSSR count). The van der Waals surface area contributed by atoms with Gasteiger partial charge in [0.2, 0.25) is 5.91 Å². The van der Waals surface area contributed by atoms with E-state index >= 15 is 0 Å². The first kappa shape index (κ1) is 10.0. The molecule has 0 bridgehead atoms. The summed E-state index contributed by atoms with van der Waals surface area (Å²) < 4.78 is 0. The second-order valence-corrected chi connectivity index (χ2v) is 3.89. The van der Waals surface area contributed by atoms with Gasteiger partial charge in [-0.25, -0.2) is 0 Å². The van der Waals surface area contributed by atoms with Crippen LogP contribution in [0, 0.1) is 11.8 Å². The summed E-state index contributed by atoms with van der Waals surface area (Å²) in [6.45, 7) is 3.88. The van der Waals surface area contributed by atoms with Crippen molar-refractivity contribution >= 4 is 11.9 Å². The lowest BCUT2D eigenvalue weighted by molar-refractivity contribution is -0.143. The first-order valence-corrected chi connectivity index (χ1v) is 4.43. The third kappa shape index (κ3) is 1.66. The molecule has 1 fully saturated rings. The first-order chi connectivity index (χ1) is 5.95. The Morgan fingerprint density at radius 2 is 2.15 bits per heavy atom. The zero-order chi connectivity index (χ0) is 10.2. The molecular formula is C9H15NO3. The molecule has 1 heterocycles. The molecule has 0 radical (unpaired) electrons. The van der Waals surface area contributed by atoms with Crippen molar-refractivity contribution in [1.29, 1.82) is 0 Å². The molecule has 1 aliphatic heterocycles. The summed E-state index contributed by atoms with van der Waals surface area (Å²) in [6, 6.07) is -0.148. The van der Waals surface area contributed by atoms with Gasteiger partial charge in [-0.2, -0.15) is 0 Å². The van der Waals surface area contributed by atoms with E-state index < -0.39 is 11.9 Å². The Hall–Kier alpha value is -1.06. The molecule has 0 aromatic carbocycles. The number of carbonyl (C=O) groups is 2. The smallest absolute Gasteiger partial charge is 0.309 e. The Bertz CT molecular complexity index is 237. The van der Waals surface area contributed by atoms with E-state index in [1.54, 1.807) is 11.9 Å². The van der Waals surface area contributed by atoms with Crippen LogP contribution in [0.3, 0.4) is 0 Å². The summed E-state index contributed by atoms with van der Waals surface area (Å²) >= 11 is 0. The normalized spacial score (nSPS) is 28.6. The lowest BCUT2D eigenvalue weighted by atomic mass is 9.91. The van der Waals surface area contributed by atoms with Gasteiger partial charge in [-0.15, -0.1) is 0 Å². The van der Waals surface area contributed by atoms with E-state index in [2.05, 4.69) is 0 Å². The van der Waals surface area contributed by atoms with E-state index in [9.17, 15) is 9.59 Å². The van der Waals surface area contributed by atoms with Crippen LogP contribution in [0.15, 0.2) is 0 Å². The van der Waals surface area contributed by atoms with E-state index in [-0.39, 0.29) is 24.3 Å². The highest BCUT2D eigenvalue weighted by atomic mass is 16.4. The average Bonchev–Trinajstić information content (AvgIpc) is 2.28. The van der Waals surface area contributed by atoms with Gasteiger partial charge in [0.25, 0.3) is 0 Å². The SMILES string of the molecule is CC(C)[C@@H]1[C@@H](C(=O)O)CC(=O)N1C. The van der Waals surface area contributed by atoms with Crippen LogP contribution in [0.5, 0.6) is 0 Å². The molecule has 1 amide bonds. The zero-order valence-corrected chi connectivity index (χ0v) is 8.15. The maximum absolute atomic E-state index is 11.3. The predicted molar refractivity (Wildman–Crippen MR) is 47.1 cm³/mol. The zero-order valence-electron chi connectivity index (χ0n) is 8.15. The minimum Gasteiger partial charge on any atom is -0.481 e. The van der Waals surface area contributed by atoms with Gasteiger partial charge in [0, 0.05) is 19.5 Å². The fraction of sp³-hybridized carbons (Fsp3) is 0.778. The number of hydrogen-bond acceptors (Lipinski definition) is 2. The summed E-state index contributed by atoms with van der Waals surface area (Å²) in [5.74, 6) is -1.27. The molecule has 4 nitrogen and oxygen atoms in total. The number of carbonyl (C=O) groups excluding carboxylic acids is 1. The third-order valence-electron chi connectivity index (χ3n) is 2.65. The van der Waals surface area contributed by atoms with Crippen molar-refractivity contribution in [3.05, 3.63) is 0 Å². The molecule has 0 aromatic rings. The van der Waals surface area contributed by atoms with Gasteiger partial charge < -0.3 is 10.0 Å². The number of nitrogens with zero attached hydrogens (tertiary/aromatic N) is 1. The van der Waals surface area contributed by atoms with Crippen molar-refractivity contribution in [1.82, 2.24) is 4.90 Å². The molecule has 0 unspecified atom stereocenters. The van der Waals surface area contributed by atoms with Gasteiger partial charge in [-0.05, 0) is 5.92 Å². The standard InChI is InChI=1S/C9H15NO3/c1-5(2)8-6(9(12)13)4-7(11)10(8)3/h5-6,8H,4H2,1-3H3,(H,12,13)/t6-,8+/m0/s1. The number of amides is 1. The number of aliphatic carboxylic acids is 1. The highest BCUT2D eigenvalue weighted by Crippen LogP contribution is 2.29. The van der Waals surface area contributed by atoms with Crippen LogP contribution in [-0.2, 0) is 9.59 Å². The Kier molecular flexibility index (Phi) is 2.59. The molecular weight excluding hydrogens is 170 g/mol. The largest absolute Gasteiger partial charge is 0.481 e. The number of likely N-dealkylation sites (tertiary alicyclic amines) is 1. The van der Waals surface area contributed by atoms with Crippen molar-refractivity contribution in [2.24, 2.45) is 11.8 Å². The number of rotatable bonds is 2. The molecule has 74 valence electrons. The van der Waals surface area contributed by atoms with Crippen LogP contribution in [0.4, 0.5) is 0 Å². The summed E-state index contributed by atoms with van der Waals surface area (Å²) in [4.78, 5) is 23.7. The van der Waals surface area contributed by atoms with Crippen molar-refractivity contribution in [2.75, 3.05) is 7.05 Å². The lowest BCUT2D eigenvalue weighted by Crippen LogP contribution is -2.38. The Labute approximate surface area is 77.5 Å².